The van der Waals surface area contributed by atoms with Crippen molar-refractivity contribution in [3.8, 4) is 5.75 Å². The summed E-state index contributed by atoms with van der Waals surface area (Å²) in [6.07, 6.45) is 3.19. The largest absolute Gasteiger partial charge is 0.497 e. The van der Waals surface area contributed by atoms with Gasteiger partial charge in [0, 0.05) is 16.9 Å². The zero-order valence-corrected chi connectivity index (χ0v) is 16.8. The van der Waals surface area contributed by atoms with Crippen molar-refractivity contribution in [3.63, 3.8) is 0 Å². The van der Waals surface area contributed by atoms with Crippen LogP contribution in [0.3, 0.4) is 0 Å². The van der Waals surface area contributed by atoms with Crippen LogP contribution in [0.1, 0.15) is 11.1 Å². The summed E-state index contributed by atoms with van der Waals surface area (Å²) in [5.41, 5.74) is 2.05. The summed E-state index contributed by atoms with van der Waals surface area (Å²) in [6, 6.07) is 15.1. The van der Waals surface area contributed by atoms with Crippen molar-refractivity contribution >= 4 is 51.8 Å². The lowest BCUT2D eigenvalue weighted by atomic mass is 10.2. The number of hydrogen-bond donors (Lipinski definition) is 1. The number of ether oxygens (including phenoxy) is 1. The van der Waals surface area contributed by atoms with Crippen LogP contribution in [0, 0.1) is 0 Å². The number of nitrogens with zero attached hydrogens (tertiary/aromatic N) is 2. The summed E-state index contributed by atoms with van der Waals surface area (Å²) < 4.78 is 5.90. The molecule has 1 N–H and O–H groups in total. The predicted octanol–water partition coefficient (Wildman–Crippen LogP) is 5.14. The Hall–Kier alpha value is -2.35. The second-order valence-electron chi connectivity index (χ2n) is 5.38. The first-order valence-electron chi connectivity index (χ1n) is 7.96. The fraction of sp³-hybridized carbons (Fsp3) is 0.105. The molecule has 0 atom stereocenters. The molecule has 0 aliphatic carbocycles. The van der Waals surface area contributed by atoms with Gasteiger partial charge in [-0.3, -0.25) is 10.1 Å². The third-order valence-electron chi connectivity index (χ3n) is 3.46. The Bertz CT molecular complexity index is 925. The number of rotatable bonds is 7. The summed E-state index contributed by atoms with van der Waals surface area (Å²) in [5.74, 6) is 1.28. The number of aromatic nitrogens is 2. The Kier molecular flexibility index (Phi) is 6.86. The highest BCUT2D eigenvalue weighted by Gasteiger charge is 2.07. The number of methoxy groups -OCH3 is 1. The number of nitrogens with one attached hydrogen (secondary N) is 1. The van der Waals surface area contributed by atoms with Gasteiger partial charge < -0.3 is 4.74 Å². The summed E-state index contributed by atoms with van der Waals surface area (Å²) in [7, 11) is 1.61. The number of hydrogen-bond acceptors (Lipinski definition) is 6. The monoisotopic (exact) mass is 417 g/mol. The molecule has 0 aliphatic heterocycles. The van der Waals surface area contributed by atoms with Crippen LogP contribution in [-0.4, -0.2) is 23.2 Å². The molecule has 0 radical (unpaired) electrons. The zero-order chi connectivity index (χ0) is 19.1. The van der Waals surface area contributed by atoms with Crippen molar-refractivity contribution in [1.29, 1.82) is 0 Å². The molecule has 138 valence electrons. The van der Waals surface area contributed by atoms with Crippen molar-refractivity contribution in [2.24, 2.45) is 0 Å². The lowest BCUT2D eigenvalue weighted by molar-refractivity contribution is -0.111. The van der Waals surface area contributed by atoms with E-state index in [0.717, 1.165) is 27.0 Å². The van der Waals surface area contributed by atoms with E-state index in [0.29, 0.717) is 10.2 Å². The fourth-order valence-corrected chi connectivity index (χ4v) is 3.92. The minimum absolute atomic E-state index is 0.254. The van der Waals surface area contributed by atoms with Gasteiger partial charge in [0.25, 0.3) is 0 Å². The van der Waals surface area contributed by atoms with Crippen molar-refractivity contribution in [2.45, 2.75) is 10.1 Å². The molecule has 0 unspecified atom stereocenters. The standard InChI is InChI=1S/C19H16ClN3O2S2/c1-25-16-9-4-13(5-10-16)6-11-17(24)21-18-22-23-19(27-18)26-12-14-2-7-15(20)8-3-14/h2-11H,12H2,1H3,(H,21,22,24)/b11-6+. The minimum Gasteiger partial charge on any atom is -0.497 e. The van der Waals surface area contributed by atoms with Gasteiger partial charge in [0.05, 0.1) is 7.11 Å². The van der Waals surface area contributed by atoms with Gasteiger partial charge in [-0.2, -0.15) is 0 Å². The van der Waals surface area contributed by atoms with Crippen LogP contribution in [-0.2, 0) is 10.5 Å². The quantitative estimate of drug-likeness (QED) is 0.327. The van der Waals surface area contributed by atoms with Gasteiger partial charge in [0.2, 0.25) is 11.0 Å². The van der Waals surface area contributed by atoms with Gasteiger partial charge in [0.15, 0.2) is 4.34 Å². The number of amides is 1. The Morgan fingerprint density at radius 2 is 1.93 bits per heavy atom. The third-order valence-corrected chi connectivity index (χ3v) is 5.75. The first-order valence-corrected chi connectivity index (χ1v) is 10.1. The molecule has 3 rings (SSSR count). The molecule has 3 aromatic rings. The van der Waals surface area contributed by atoms with Crippen LogP contribution in [0.2, 0.25) is 5.02 Å². The molecule has 0 saturated heterocycles. The first-order chi connectivity index (χ1) is 13.1. The van der Waals surface area contributed by atoms with Gasteiger partial charge >= 0.3 is 0 Å². The smallest absolute Gasteiger partial charge is 0.250 e. The van der Waals surface area contributed by atoms with Crippen LogP contribution in [0.15, 0.2) is 58.9 Å². The molecule has 0 saturated carbocycles. The highest BCUT2D eigenvalue weighted by atomic mass is 35.5. The second-order valence-corrected chi connectivity index (χ2v) is 8.02. The summed E-state index contributed by atoms with van der Waals surface area (Å²) in [6.45, 7) is 0. The third kappa shape index (κ3) is 6.09. The lowest BCUT2D eigenvalue weighted by Gasteiger charge is -1.99. The van der Waals surface area contributed by atoms with Crippen molar-refractivity contribution in [1.82, 2.24) is 10.2 Å². The van der Waals surface area contributed by atoms with E-state index in [4.69, 9.17) is 16.3 Å². The number of thioether (sulfide) groups is 1. The molecular formula is C19H16ClN3O2S2. The van der Waals surface area contributed by atoms with E-state index in [2.05, 4.69) is 15.5 Å². The normalized spacial score (nSPS) is 10.9. The molecule has 27 heavy (non-hydrogen) atoms. The van der Waals surface area contributed by atoms with E-state index in [1.165, 1.54) is 17.4 Å². The fourth-order valence-electron chi connectivity index (χ4n) is 2.08. The number of carbonyl (C=O) groups excluding carboxylic acids is 1. The zero-order valence-electron chi connectivity index (χ0n) is 14.4. The van der Waals surface area contributed by atoms with Crippen LogP contribution in [0.4, 0.5) is 5.13 Å². The van der Waals surface area contributed by atoms with E-state index in [9.17, 15) is 4.79 Å². The van der Waals surface area contributed by atoms with Crippen molar-refractivity contribution in [3.05, 3.63) is 70.8 Å². The highest BCUT2D eigenvalue weighted by molar-refractivity contribution is 8.00. The van der Waals surface area contributed by atoms with E-state index in [1.54, 1.807) is 24.9 Å². The predicted molar refractivity (Wildman–Crippen MR) is 112 cm³/mol. The molecule has 5 nitrogen and oxygen atoms in total. The Balaban J connectivity index is 1.51. The van der Waals surface area contributed by atoms with E-state index in [-0.39, 0.29) is 5.91 Å². The topological polar surface area (TPSA) is 64.1 Å². The maximum absolute atomic E-state index is 12.0. The minimum atomic E-state index is -0.254. The van der Waals surface area contributed by atoms with Crippen molar-refractivity contribution < 1.29 is 9.53 Å². The van der Waals surface area contributed by atoms with Crippen LogP contribution >= 0.6 is 34.7 Å². The molecule has 8 heteroatoms. The maximum atomic E-state index is 12.0. The number of anilines is 1. The Morgan fingerprint density at radius 3 is 2.63 bits per heavy atom. The SMILES string of the molecule is COc1ccc(/C=C/C(=O)Nc2nnc(SCc3ccc(Cl)cc3)s2)cc1. The maximum Gasteiger partial charge on any atom is 0.250 e. The van der Waals surface area contributed by atoms with Gasteiger partial charge in [0.1, 0.15) is 5.75 Å². The van der Waals surface area contributed by atoms with E-state index >= 15 is 0 Å². The number of carbonyl (C=O) groups is 1. The Morgan fingerprint density at radius 1 is 1.19 bits per heavy atom. The second kappa shape index (κ2) is 9.55. The number of halogens is 1. The molecule has 1 heterocycles. The summed E-state index contributed by atoms with van der Waals surface area (Å²) >= 11 is 8.78. The average molecular weight is 418 g/mol. The summed E-state index contributed by atoms with van der Waals surface area (Å²) in [5, 5.41) is 12.0. The van der Waals surface area contributed by atoms with Gasteiger partial charge in [-0.15, -0.1) is 10.2 Å². The van der Waals surface area contributed by atoms with E-state index < -0.39 is 0 Å². The van der Waals surface area contributed by atoms with Crippen LogP contribution < -0.4 is 10.1 Å². The van der Waals surface area contributed by atoms with Crippen molar-refractivity contribution in [2.75, 3.05) is 12.4 Å². The van der Waals surface area contributed by atoms with Gasteiger partial charge in [-0.25, -0.2) is 0 Å². The Labute approximate surface area is 170 Å². The number of benzene rings is 2. The molecule has 2 aromatic carbocycles. The van der Waals surface area contributed by atoms with Crippen LogP contribution in [0.5, 0.6) is 5.75 Å². The molecule has 0 fully saturated rings. The molecule has 1 aromatic heterocycles. The molecule has 0 aliphatic rings. The van der Waals surface area contributed by atoms with E-state index in [1.807, 2.05) is 48.5 Å². The highest BCUT2D eigenvalue weighted by Crippen LogP contribution is 2.28. The molecule has 0 bridgehead atoms. The molecular weight excluding hydrogens is 402 g/mol. The molecule has 0 spiro atoms. The van der Waals surface area contributed by atoms with Crippen LogP contribution in [0.25, 0.3) is 6.08 Å². The first kappa shape index (κ1) is 19.4. The summed E-state index contributed by atoms with van der Waals surface area (Å²) in [4.78, 5) is 12.0. The molecule has 1 amide bonds. The lowest BCUT2D eigenvalue weighted by Crippen LogP contribution is -2.07. The van der Waals surface area contributed by atoms with Gasteiger partial charge in [-0.1, -0.05) is 59.0 Å². The average Bonchev–Trinajstić information content (AvgIpc) is 3.13. The van der Waals surface area contributed by atoms with Gasteiger partial charge in [-0.05, 0) is 41.5 Å².